The Morgan fingerprint density at radius 2 is 1.71 bits per heavy atom. The van der Waals surface area contributed by atoms with Crippen molar-refractivity contribution in [3.63, 3.8) is 0 Å². The molecule has 0 unspecified atom stereocenters. The minimum absolute atomic E-state index is 0.0268. The van der Waals surface area contributed by atoms with Gasteiger partial charge in [-0.3, -0.25) is 9.59 Å². The highest BCUT2D eigenvalue weighted by Crippen LogP contribution is 2.18. The summed E-state index contributed by atoms with van der Waals surface area (Å²) in [6, 6.07) is 1.94. The zero-order chi connectivity index (χ0) is 15.6. The lowest BCUT2D eigenvalue weighted by molar-refractivity contribution is -0.135. The molecule has 1 aromatic rings. The van der Waals surface area contributed by atoms with E-state index in [4.69, 9.17) is 5.11 Å². The lowest BCUT2D eigenvalue weighted by atomic mass is 10.2. The Labute approximate surface area is 124 Å². The van der Waals surface area contributed by atoms with Crippen LogP contribution in [0, 0.1) is 13.8 Å². The number of amides is 2. The van der Waals surface area contributed by atoms with Gasteiger partial charge < -0.3 is 19.5 Å². The summed E-state index contributed by atoms with van der Waals surface area (Å²) >= 11 is 0. The van der Waals surface area contributed by atoms with Crippen molar-refractivity contribution >= 4 is 11.8 Å². The van der Waals surface area contributed by atoms with Crippen molar-refractivity contribution in [2.45, 2.75) is 27.3 Å². The number of aryl methyl sites for hydroxylation is 1. The first-order chi connectivity index (χ1) is 9.99. The van der Waals surface area contributed by atoms with E-state index in [-0.39, 0.29) is 11.8 Å². The number of nitrogens with zero attached hydrogens (tertiary/aromatic N) is 3. The first-order valence-electron chi connectivity index (χ1n) is 7.34. The van der Waals surface area contributed by atoms with E-state index in [9.17, 15) is 9.59 Å². The first-order valence-corrected chi connectivity index (χ1v) is 7.34. The quantitative estimate of drug-likeness (QED) is 0.877. The molecule has 21 heavy (non-hydrogen) atoms. The molecule has 0 spiro atoms. The molecule has 6 nitrogen and oxygen atoms in total. The van der Waals surface area contributed by atoms with Crippen molar-refractivity contribution in [1.82, 2.24) is 14.4 Å². The van der Waals surface area contributed by atoms with Crippen LogP contribution in [0.3, 0.4) is 0 Å². The summed E-state index contributed by atoms with van der Waals surface area (Å²) < 4.78 is 2.12. The predicted octanol–water partition coefficient (Wildman–Crippen LogP) is 0.402. The van der Waals surface area contributed by atoms with E-state index >= 15 is 0 Å². The second kappa shape index (κ2) is 6.30. The van der Waals surface area contributed by atoms with E-state index in [1.165, 1.54) is 0 Å². The maximum absolute atomic E-state index is 12.6. The highest BCUT2D eigenvalue weighted by Gasteiger charge is 2.26. The van der Waals surface area contributed by atoms with Crippen LogP contribution in [0.4, 0.5) is 0 Å². The average molecular weight is 293 g/mol. The average Bonchev–Trinajstić information content (AvgIpc) is 2.80. The number of piperazine rings is 1. The molecule has 0 radical (unpaired) electrons. The summed E-state index contributed by atoms with van der Waals surface area (Å²) in [6.45, 7) is 8.42. The molecule has 6 heteroatoms. The number of hydrogen-bond acceptors (Lipinski definition) is 3. The topological polar surface area (TPSA) is 65.8 Å². The molecule has 1 saturated heterocycles. The molecule has 116 valence electrons. The molecule has 1 aliphatic rings. The molecule has 0 atom stereocenters. The van der Waals surface area contributed by atoms with E-state index in [1.54, 1.807) is 9.80 Å². The molecule has 0 aromatic carbocycles. The van der Waals surface area contributed by atoms with Gasteiger partial charge in [-0.05, 0) is 26.8 Å². The minimum atomic E-state index is -0.467. The molecule has 2 heterocycles. The number of carbonyl (C=O) groups is 2. The van der Waals surface area contributed by atoms with Crippen LogP contribution in [0.15, 0.2) is 6.07 Å². The van der Waals surface area contributed by atoms with Gasteiger partial charge in [0.2, 0.25) is 5.91 Å². The van der Waals surface area contributed by atoms with Gasteiger partial charge in [0.15, 0.2) is 0 Å². The number of hydrogen-bond donors (Lipinski definition) is 1. The molecule has 0 aliphatic carbocycles. The fraction of sp³-hybridized carbons (Fsp3) is 0.600. The summed E-state index contributed by atoms with van der Waals surface area (Å²) in [7, 11) is 0. The summed E-state index contributed by atoms with van der Waals surface area (Å²) in [5.74, 6) is -0.245. The molecule has 1 fully saturated rings. The molecular weight excluding hydrogens is 270 g/mol. The highest BCUT2D eigenvalue weighted by atomic mass is 16.3. The molecule has 2 rings (SSSR count). The number of aromatic nitrogens is 1. The van der Waals surface area contributed by atoms with Crippen LogP contribution < -0.4 is 0 Å². The highest BCUT2D eigenvalue weighted by molar-refractivity contribution is 5.96. The third-order valence-corrected chi connectivity index (χ3v) is 4.18. The Balaban J connectivity index is 2.07. The van der Waals surface area contributed by atoms with Gasteiger partial charge in [-0.1, -0.05) is 0 Å². The maximum atomic E-state index is 12.6. The molecule has 2 amide bonds. The van der Waals surface area contributed by atoms with Gasteiger partial charge in [-0.2, -0.15) is 0 Å². The lowest BCUT2D eigenvalue weighted by Crippen LogP contribution is -2.51. The van der Waals surface area contributed by atoms with E-state index in [1.807, 2.05) is 19.9 Å². The lowest BCUT2D eigenvalue weighted by Gasteiger charge is -2.34. The van der Waals surface area contributed by atoms with Crippen LogP contribution in [0.2, 0.25) is 0 Å². The monoisotopic (exact) mass is 293 g/mol. The number of aliphatic hydroxyl groups is 1. The summed E-state index contributed by atoms with van der Waals surface area (Å²) in [5, 5.41) is 8.86. The molecule has 1 aromatic heterocycles. The van der Waals surface area contributed by atoms with Crippen LogP contribution in [-0.4, -0.2) is 64.1 Å². The largest absolute Gasteiger partial charge is 0.387 e. The van der Waals surface area contributed by atoms with Crippen LogP contribution in [0.1, 0.15) is 28.7 Å². The first kappa shape index (κ1) is 15.6. The molecule has 0 bridgehead atoms. The fourth-order valence-electron chi connectivity index (χ4n) is 2.93. The zero-order valence-corrected chi connectivity index (χ0v) is 12.9. The Morgan fingerprint density at radius 1 is 1.14 bits per heavy atom. The molecule has 1 aliphatic heterocycles. The summed E-state index contributed by atoms with van der Waals surface area (Å²) in [4.78, 5) is 27.4. The van der Waals surface area contributed by atoms with Gasteiger partial charge in [-0.25, -0.2) is 0 Å². The Hall–Kier alpha value is -1.82. The van der Waals surface area contributed by atoms with E-state index in [0.29, 0.717) is 26.2 Å². The van der Waals surface area contributed by atoms with Crippen molar-refractivity contribution in [3.8, 4) is 0 Å². The van der Waals surface area contributed by atoms with Crippen molar-refractivity contribution < 1.29 is 14.7 Å². The number of carbonyl (C=O) groups excluding carboxylic acids is 2. The van der Waals surface area contributed by atoms with Gasteiger partial charge in [0.1, 0.15) is 6.61 Å². The summed E-state index contributed by atoms with van der Waals surface area (Å²) in [5.41, 5.74) is 2.83. The Bertz CT molecular complexity index is 543. The normalized spacial score (nSPS) is 15.4. The van der Waals surface area contributed by atoms with Crippen LogP contribution in [-0.2, 0) is 11.3 Å². The zero-order valence-electron chi connectivity index (χ0n) is 12.9. The van der Waals surface area contributed by atoms with Crippen molar-refractivity contribution in [1.29, 1.82) is 0 Å². The SMILES string of the molecule is CCn1c(C)cc(C(=O)N2CCN(C(=O)CO)CC2)c1C. The third kappa shape index (κ3) is 2.95. The second-order valence-corrected chi connectivity index (χ2v) is 5.36. The Morgan fingerprint density at radius 3 is 2.19 bits per heavy atom. The smallest absolute Gasteiger partial charge is 0.255 e. The van der Waals surface area contributed by atoms with Gasteiger partial charge in [0.25, 0.3) is 5.91 Å². The van der Waals surface area contributed by atoms with Crippen LogP contribution in [0.25, 0.3) is 0 Å². The molecule has 0 saturated carbocycles. The Kier molecular flexibility index (Phi) is 4.67. The minimum Gasteiger partial charge on any atom is -0.387 e. The van der Waals surface area contributed by atoms with Crippen molar-refractivity contribution in [2.24, 2.45) is 0 Å². The van der Waals surface area contributed by atoms with Gasteiger partial charge in [0, 0.05) is 44.1 Å². The number of rotatable bonds is 3. The third-order valence-electron chi connectivity index (χ3n) is 4.18. The van der Waals surface area contributed by atoms with Gasteiger partial charge in [0.05, 0.1) is 5.56 Å². The fourth-order valence-corrected chi connectivity index (χ4v) is 2.93. The summed E-state index contributed by atoms with van der Waals surface area (Å²) in [6.07, 6.45) is 0. The van der Waals surface area contributed by atoms with Gasteiger partial charge in [-0.15, -0.1) is 0 Å². The maximum Gasteiger partial charge on any atom is 0.255 e. The predicted molar refractivity (Wildman–Crippen MR) is 79.1 cm³/mol. The van der Waals surface area contributed by atoms with Crippen LogP contribution in [0.5, 0.6) is 0 Å². The second-order valence-electron chi connectivity index (χ2n) is 5.36. The van der Waals surface area contributed by atoms with E-state index in [2.05, 4.69) is 11.5 Å². The van der Waals surface area contributed by atoms with Gasteiger partial charge >= 0.3 is 0 Å². The van der Waals surface area contributed by atoms with Crippen molar-refractivity contribution in [2.75, 3.05) is 32.8 Å². The van der Waals surface area contributed by atoms with E-state index < -0.39 is 6.61 Å². The van der Waals surface area contributed by atoms with Crippen molar-refractivity contribution in [3.05, 3.63) is 23.0 Å². The standard InChI is InChI=1S/C15H23N3O3/c1-4-18-11(2)9-13(12(18)3)15(21)17-7-5-16(6-8-17)14(20)10-19/h9,19H,4-8,10H2,1-3H3. The molecular formula is C15H23N3O3. The van der Waals surface area contributed by atoms with Crippen LogP contribution >= 0.6 is 0 Å². The molecule has 1 N–H and O–H groups in total. The van der Waals surface area contributed by atoms with E-state index in [0.717, 1.165) is 23.5 Å². The number of aliphatic hydroxyl groups excluding tert-OH is 1.